The number of amides is 1. The second-order valence-corrected chi connectivity index (χ2v) is 6.46. The van der Waals surface area contributed by atoms with Crippen LogP contribution in [0.3, 0.4) is 0 Å². The summed E-state index contributed by atoms with van der Waals surface area (Å²) in [4.78, 5) is 14.3. The molecule has 1 fully saturated rings. The summed E-state index contributed by atoms with van der Waals surface area (Å²) in [5, 5.41) is 12.5. The van der Waals surface area contributed by atoms with E-state index in [9.17, 15) is 10.1 Å². The van der Waals surface area contributed by atoms with Crippen molar-refractivity contribution < 1.29 is 4.79 Å². The van der Waals surface area contributed by atoms with Gasteiger partial charge in [-0.25, -0.2) is 0 Å². The van der Waals surface area contributed by atoms with Gasteiger partial charge in [-0.2, -0.15) is 5.26 Å². The molecule has 2 atom stereocenters. The summed E-state index contributed by atoms with van der Waals surface area (Å²) in [7, 11) is 0. The minimum Gasteiger partial charge on any atom is -0.376 e. The zero-order valence-electron chi connectivity index (χ0n) is 12.8. The first-order chi connectivity index (χ1) is 10.5. The minimum atomic E-state index is -0.407. The van der Waals surface area contributed by atoms with Crippen molar-refractivity contribution in [1.29, 1.82) is 5.26 Å². The second kappa shape index (κ2) is 7.33. The number of hydrogen-bond acceptors (Lipinski definition) is 3. The van der Waals surface area contributed by atoms with Gasteiger partial charge >= 0.3 is 0 Å². The van der Waals surface area contributed by atoms with Gasteiger partial charge in [0.25, 0.3) is 5.91 Å². The van der Waals surface area contributed by atoms with Crippen molar-refractivity contribution >= 4 is 23.2 Å². The molecule has 1 aromatic rings. The molecule has 1 aromatic carbocycles. The number of rotatable bonds is 3. The predicted molar refractivity (Wildman–Crippen MR) is 88.3 cm³/mol. The molecule has 2 unspecified atom stereocenters. The maximum absolute atomic E-state index is 12.2. The normalized spacial score (nSPS) is 22.1. The number of carbonyl (C=O) groups excluding carboxylic acids is 1. The topological polar surface area (TPSA) is 56.1 Å². The third kappa shape index (κ3) is 4.51. The van der Waals surface area contributed by atoms with Crippen LogP contribution >= 0.6 is 11.6 Å². The lowest BCUT2D eigenvalue weighted by atomic mass is 9.92. The third-order valence-corrected chi connectivity index (χ3v) is 3.89. The molecule has 0 bridgehead atoms. The molecule has 2 rings (SSSR count). The van der Waals surface area contributed by atoms with E-state index in [1.165, 1.54) is 6.42 Å². The first-order valence-electron chi connectivity index (χ1n) is 7.41. The van der Waals surface area contributed by atoms with Gasteiger partial charge < -0.3 is 10.2 Å². The largest absolute Gasteiger partial charge is 0.376 e. The summed E-state index contributed by atoms with van der Waals surface area (Å²) in [6.07, 6.45) is 2.85. The minimum absolute atomic E-state index is 0.112. The van der Waals surface area contributed by atoms with Crippen molar-refractivity contribution in [3.8, 4) is 6.07 Å². The van der Waals surface area contributed by atoms with Gasteiger partial charge in [0.1, 0.15) is 11.6 Å². The van der Waals surface area contributed by atoms with Crippen LogP contribution in [0.25, 0.3) is 0 Å². The number of carbonyl (C=O) groups is 1. The van der Waals surface area contributed by atoms with Gasteiger partial charge in [-0.05, 0) is 36.5 Å². The molecule has 0 radical (unpaired) electrons. The maximum Gasteiger partial charge on any atom is 0.267 e. The SMILES string of the molecule is CC1CC(C)CN(/C=C(/C#N)C(=O)Nc2cccc(Cl)c2)C1. The molecule has 116 valence electrons. The molecule has 1 N–H and O–H groups in total. The van der Waals surface area contributed by atoms with E-state index in [0.29, 0.717) is 22.5 Å². The summed E-state index contributed by atoms with van der Waals surface area (Å²) in [5.74, 6) is 0.725. The molecule has 0 aliphatic carbocycles. The average molecular weight is 318 g/mol. The number of nitrogens with one attached hydrogen (secondary N) is 1. The molecule has 0 aromatic heterocycles. The highest BCUT2D eigenvalue weighted by atomic mass is 35.5. The molecule has 1 saturated heterocycles. The van der Waals surface area contributed by atoms with E-state index in [0.717, 1.165) is 13.1 Å². The fourth-order valence-electron chi connectivity index (χ4n) is 2.90. The monoisotopic (exact) mass is 317 g/mol. The predicted octanol–water partition coefficient (Wildman–Crippen LogP) is 3.66. The van der Waals surface area contributed by atoms with Crippen LogP contribution in [0.4, 0.5) is 5.69 Å². The van der Waals surface area contributed by atoms with Crippen LogP contribution in [-0.4, -0.2) is 23.9 Å². The summed E-state index contributed by atoms with van der Waals surface area (Å²) >= 11 is 5.89. The Labute approximate surface area is 136 Å². The molecule has 1 amide bonds. The standard InChI is InChI=1S/C17H20ClN3O/c1-12-6-13(2)10-21(9-12)11-14(8-19)17(22)20-16-5-3-4-15(18)7-16/h3-5,7,11-13H,6,9-10H2,1-2H3,(H,20,22)/b14-11-. The number of benzene rings is 1. The Morgan fingerprint density at radius 2 is 2.09 bits per heavy atom. The Morgan fingerprint density at radius 3 is 2.68 bits per heavy atom. The highest BCUT2D eigenvalue weighted by molar-refractivity contribution is 6.31. The zero-order chi connectivity index (χ0) is 16.1. The van der Waals surface area contributed by atoms with Gasteiger partial charge in [-0.1, -0.05) is 31.5 Å². The van der Waals surface area contributed by atoms with Crippen LogP contribution in [0, 0.1) is 23.2 Å². The molecular formula is C17H20ClN3O. The number of halogens is 1. The van der Waals surface area contributed by atoms with E-state index < -0.39 is 5.91 Å². The van der Waals surface area contributed by atoms with E-state index in [-0.39, 0.29) is 5.57 Å². The molecule has 1 aliphatic rings. The lowest BCUT2D eigenvalue weighted by Crippen LogP contribution is -2.35. The number of piperidine rings is 1. The molecule has 1 aliphatic heterocycles. The molecule has 4 nitrogen and oxygen atoms in total. The van der Waals surface area contributed by atoms with Crippen LogP contribution in [0.1, 0.15) is 20.3 Å². The lowest BCUT2D eigenvalue weighted by Gasteiger charge is -2.34. The van der Waals surface area contributed by atoms with Crippen LogP contribution in [-0.2, 0) is 4.79 Å². The molecule has 0 saturated carbocycles. The van der Waals surface area contributed by atoms with Gasteiger partial charge in [0, 0.05) is 30.0 Å². The first kappa shape index (κ1) is 16.4. The van der Waals surface area contributed by atoms with Crippen molar-refractivity contribution in [3.05, 3.63) is 41.1 Å². The average Bonchev–Trinajstić information content (AvgIpc) is 2.43. The first-order valence-corrected chi connectivity index (χ1v) is 7.78. The third-order valence-electron chi connectivity index (χ3n) is 3.66. The molecule has 22 heavy (non-hydrogen) atoms. The highest BCUT2D eigenvalue weighted by Crippen LogP contribution is 2.22. The summed E-state index contributed by atoms with van der Waals surface area (Å²) in [6, 6.07) is 8.86. The van der Waals surface area contributed by atoms with Crippen molar-refractivity contribution in [2.24, 2.45) is 11.8 Å². The van der Waals surface area contributed by atoms with E-state index >= 15 is 0 Å². The second-order valence-electron chi connectivity index (χ2n) is 6.02. The maximum atomic E-state index is 12.2. The Hall–Kier alpha value is -1.99. The number of nitrogens with zero attached hydrogens (tertiary/aromatic N) is 2. The van der Waals surface area contributed by atoms with Crippen molar-refractivity contribution in [2.45, 2.75) is 20.3 Å². The summed E-state index contributed by atoms with van der Waals surface area (Å²) in [5.41, 5.74) is 0.695. The quantitative estimate of drug-likeness (QED) is 0.683. The Kier molecular flexibility index (Phi) is 5.46. The number of anilines is 1. The lowest BCUT2D eigenvalue weighted by molar-refractivity contribution is -0.112. The van der Waals surface area contributed by atoms with Gasteiger partial charge in [-0.3, -0.25) is 4.79 Å². The Morgan fingerprint density at radius 1 is 1.41 bits per heavy atom. The van der Waals surface area contributed by atoms with E-state index in [1.807, 2.05) is 6.07 Å². The van der Waals surface area contributed by atoms with Crippen molar-refractivity contribution in [1.82, 2.24) is 4.90 Å². The van der Waals surface area contributed by atoms with Crippen LogP contribution in [0.2, 0.25) is 5.02 Å². The van der Waals surface area contributed by atoms with E-state index in [4.69, 9.17) is 11.6 Å². The molecular weight excluding hydrogens is 298 g/mol. The molecule has 0 spiro atoms. The van der Waals surface area contributed by atoms with Gasteiger partial charge in [-0.15, -0.1) is 0 Å². The molecule has 5 heteroatoms. The van der Waals surface area contributed by atoms with E-state index in [2.05, 4.69) is 24.1 Å². The fraction of sp³-hybridized carbons (Fsp3) is 0.412. The molecule has 1 heterocycles. The van der Waals surface area contributed by atoms with Crippen LogP contribution in [0.5, 0.6) is 0 Å². The zero-order valence-corrected chi connectivity index (χ0v) is 13.6. The van der Waals surface area contributed by atoms with Gasteiger partial charge in [0.05, 0.1) is 0 Å². The smallest absolute Gasteiger partial charge is 0.267 e. The Bertz CT molecular complexity index is 611. The van der Waals surface area contributed by atoms with Crippen LogP contribution < -0.4 is 5.32 Å². The van der Waals surface area contributed by atoms with Crippen LogP contribution in [0.15, 0.2) is 36.0 Å². The summed E-state index contributed by atoms with van der Waals surface area (Å²) < 4.78 is 0. The number of likely N-dealkylation sites (tertiary alicyclic amines) is 1. The van der Waals surface area contributed by atoms with Gasteiger partial charge in [0.2, 0.25) is 0 Å². The summed E-state index contributed by atoms with van der Waals surface area (Å²) in [6.45, 7) is 6.13. The Balaban J connectivity index is 2.08. The van der Waals surface area contributed by atoms with Gasteiger partial charge in [0.15, 0.2) is 0 Å². The van der Waals surface area contributed by atoms with E-state index in [1.54, 1.807) is 30.5 Å². The van der Waals surface area contributed by atoms with Crippen molar-refractivity contribution in [3.63, 3.8) is 0 Å². The van der Waals surface area contributed by atoms with Crippen molar-refractivity contribution in [2.75, 3.05) is 18.4 Å². The highest BCUT2D eigenvalue weighted by Gasteiger charge is 2.21. The fourth-order valence-corrected chi connectivity index (χ4v) is 3.09. The number of hydrogen-bond donors (Lipinski definition) is 1. The number of nitriles is 1.